The first kappa shape index (κ1) is 14.8. The highest BCUT2D eigenvalue weighted by atomic mass is 79.9. The van der Waals surface area contributed by atoms with E-state index in [1.807, 2.05) is 16.8 Å². The van der Waals surface area contributed by atoms with Gasteiger partial charge in [-0.25, -0.2) is 0 Å². The summed E-state index contributed by atoms with van der Waals surface area (Å²) in [5.74, 6) is 0.789. The maximum atomic E-state index is 9.34. The van der Waals surface area contributed by atoms with E-state index in [1.165, 1.54) is 0 Å². The van der Waals surface area contributed by atoms with Crippen molar-refractivity contribution in [2.75, 3.05) is 13.7 Å². The van der Waals surface area contributed by atoms with E-state index < -0.39 is 5.54 Å². The number of aliphatic hydroxyl groups is 1. The monoisotopic (exact) mass is 353 g/mol. The van der Waals surface area contributed by atoms with Crippen LogP contribution in [0.5, 0.6) is 5.75 Å². The van der Waals surface area contributed by atoms with Crippen molar-refractivity contribution in [2.24, 2.45) is 5.73 Å². The quantitative estimate of drug-likeness (QED) is 0.889. The Balaban J connectivity index is 1.85. The molecule has 1 fully saturated rings. The molecular formula is C15H20BrN3O2. The van der Waals surface area contributed by atoms with Gasteiger partial charge in [-0.1, -0.05) is 0 Å². The van der Waals surface area contributed by atoms with Crippen molar-refractivity contribution in [1.82, 2.24) is 9.78 Å². The van der Waals surface area contributed by atoms with E-state index in [-0.39, 0.29) is 6.61 Å². The summed E-state index contributed by atoms with van der Waals surface area (Å²) < 4.78 is 8.28. The molecule has 1 aromatic carbocycles. The van der Waals surface area contributed by atoms with Crippen LogP contribution in [0.3, 0.4) is 0 Å². The highest BCUT2D eigenvalue weighted by Gasteiger charge is 2.32. The SMILES string of the molecule is COc1cc2nn(C3CCC(N)(CO)CC3)cc2cc1Br. The Hall–Kier alpha value is -1.11. The molecule has 1 heterocycles. The highest BCUT2D eigenvalue weighted by Crippen LogP contribution is 2.35. The van der Waals surface area contributed by atoms with Gasteiger partial charge in [0.15, 0.2) is 0 Å². The molecule has 3 rings (SSSR count). The second-order valence-electron chi connectivity index (χ2n) is 5.91. The van der Waals surface area contributed by atoms with E-state index >= 15 is 0 Å². The summed E-state index contributed by atoms with van der Waals surface area (Å²) in [7, 11) is 1.65. The second-order valence-corrected chi connectivity index (χ2v) is 6.76. The van der Waals surface area contributed by atoms with Crippen molar-refractivity contribution in [3.05, 3.63) is 22.8 Å². The molecule has 0 aliphatic heterocycles. The number of halogens is 1. The summed E-state index contributed by atoms with van der Waals surface area (Å²) in [4.78, 5) is 0. The number of methoxy groups -OCH3 is 1. The number of ether oxygens (including phenoxy) is 1. The Labute approximate surface area is 132 Å². The molecule has 0 unspecified atom stereocenters. The second kappa shape index (κ2) is 5.59. The standard InChI is InChI=1S/C15H20BrN3O2/c1-21-14-7-13-10(6-12(14)16)8-19(18-13)11-2-4-15(17,9-20)5-3-11/h6-8,11,20H,2-5,9,17H2,1H3. The summed E-state index contributed by atoms with van der Waals surface area (Å²) in [5.41, 5.74) is 6.65. The van der Waals surface area contributed by atoms with Gasteiger partial charge in [0.05, 0.1) is 29.7 Å². The van der Waals surface area contributed by atoms with Crippen LogP contribution < -0.4 is 10.5 Å². The van der Waals surface area contributed by atoms with Crippen LogP contribution in [0, 0.1) is 0 Å². The summed E-state index contributed by atoms with van der Waals surface area (Å²) in [6.07, 6.45) is 5.63. The average molecular weight is 354 g/mol. The maximum absolute atomic E-state index is 9.34. The number of fused-ring (bicyclic) bond motifs is 1. The highest BCUT2D eigenvalue weighted by molar-refractivity contribution is 9.10. The van der Waals surface area contributed by atoms with E-state index in [2.05, 4.69) is 27.2 Å². The van der Waals surface area contributed by atoms with Crippen molar-refractivity contribution in [1.29, 1.82) is 0 Å². The fraction of sp³-hybridized carbons (Fsp3) is 0.533. The fourth-order valence-electron chi connectivity index (χ4n) is 2.99. The first-order valence-corrected chi connectivity index (χ1v) is 7.96. The van der Waals surface area contributed by atoms with Gasteiger partial charge in [0, 0.05) is 23.2 Å². The number of rotatable bonds is 3. The average Bonchev–Trinajstić information content (AvgIpc) is 2.89. The number of nitrogens with zero attached hydrogens (tertiary/aromatic N) is 2. The van der Waals surface area contributed by atoms with Crippen LogP contribution >= 0.6 is 15.9 Å². The molecule has 0 radical (unpaired) electrons. The van der Waals surface area contributed by atoms with Crippen molar-refractivity contribution < 1.29 is 9.84 Å². The topological polar surface area (TPSA) is 73.3 Å². The lowest BCUT2D eigenvalue weighted by Crippen LogP contribution is -2.46. The smallest absolute Gasteiger partial charge is 0.135 e. The molecule has 0 bridgehead atoms. The Morgan fingerprint density at radius 1 is 1.48 bits per heavy atom. The minimum Gasteiger partial charge on any atom is -0.495 e. The molecule has 114 valence electrons. The molecule has 0 amide bonds. The fourth-order valence-corrected chi connectivity index (χ4v) is 3.51. The first-order valence-electron chi connectivity index (χ1n) is 7.17. The predicted molar refractivity (Wildman–Crippen MR) is 85.5 cm³/mol. The summed E-state index contributed by atoms with van der Waals surface area (Å²) in [5, 5.41) is 15.1. The minimum absolute atomic E-state index is 0.0605. The molecule has 21 heavy (non-hydrogen) atoms. The van der Waals surface area contributed by atoms with Gasteiger partial charge in [-0.3, -0.25) is 4.68 Å². The lowest BCUT2D eigenvalue weighted by molar-refractivity contribution is 0.134. The van der Waals surface area contributed by atoms with Crippen molar-refractivity contribution in [3.8, 4) is 5.75 Å². The van der Waals surface area contributed by atoms with Gasteiger partial charge in [0.25, 0.3) is 0 Å². The minimum atomic E-state index is -0.407. The third-order valence-electron chi connectivity index (χ3n) is 4.44. The van der Waals surface area contributed by atoms with Crippen LogP contribution in [0.1, 0.15) is 31.7 Å². The van der Waals surface area contributed by atoms with Crippen LogP contribution in [0.25, 0.3) is 10.9 Å². The molecule has 2 aromatic rings. The zero-order valence-electron chi connectivity index (χ0n) is 12.1. The molecule has 3 N–H and O–H groups in total. The van der Waals surface area contributed by atoms with Crippen molar-refractivity contribution >= 4 is 26.8 Å². The number of aromatic nitrogens is 2. The lowest BCUT2D eigenvalue weighted by atomic mass is 9.81. The van der Waals surface area contributed by atoms with Gasteiger partial charge in [-0.05, 0) is 47.7 Å². The maximum Gasteiger partial charge on any atom is 0.135 e. The third kappa shape index (κ3) is 2.80. The van der Waals surface area contributed by atoms with Gasteiger partial charge in [0.2, 0.25) is 0 Å². The molecular weight excluding hydrogens is 334 g/mol. The molecule has 6 heteroatoms. The number of hydrogen-bond donors (Lipinski definition) is 2. The third-order valence-corrected chi connectivity index (χ3v) is 5.06. The number of benzene rings is 1. The summed E-state index contributed by atoms with van der Waals surface area (Å²) >= 11 is 3.50. The van der Waals surface area contributed by atoms with Crippen LogP contribution in [-0.2, 0) is 0 Å². The van der Waals surface area contributed by atoms with Crippen LogP contribution in [-0.4, -0.2) is 34.1 Å². The molecule has 1 aliphatic rings. The lowest BCUT2D eigenvalue weighted by Gasteiger charge is -2.35. The van der Waals surface area contributed by atoms with Crippen LogP contribution in [0.4, 0.5) is 0 Å². The van der Waals surface area contributed by atoms with Crippen molar-refractivity contribution in [3.63, 3.8) is 0 Å². The molecule has 0 atom stereocenters. The van der Waals surface area contributed by atoms with E-state index in [1.54, 1.807) is 7.11 Å². The van der Waals surface area contributed by atoms with E-state index in [4.69, 9.17) is 10.5 Å². The molecule has 0 saturated heterocycles. The number of aliphatic hydroxyl groups excluding tert-OH is 1. The normalized spacial score (nSPS) is 26.2. The first-order chi connectivity index (χ1) is 10.0. The van der Waals surface area contributed by atoms with Gasteiger partial charge in [0.1, 0.15) is 5.75 Å². The van der Waals surface area contributed by atoms with Gasteiger partial charge >= 0.3 is 0 Å². The van der Waals surface area contributed by atoms with Gasteiger partial charge in [-0.2, -0.15) is 5.10 Å². The molecule has 5 nitrogen and oxygen atoms in total. The Kier molecular flexibility index (Phi) is 3.94. The van der Waals surface area contributed by atoms with Crippen LogP contribution in [0.2, 0.25) is 0 Å². The zero-order chi connectivity index (χ0) is 15.0. The molecule has 1 aliphatic carbocycles. The molecule has 1 aromatic heterocycles. The van der Waals surface area contributed by atoms with Crippen molar-refractivity contribution in [2.45, 2.75) is 37.3 Å². The Morgan fingerprint density at radius 2 is 2.19 bits per heavy atom. The largest absolute Gasteiger partial charge is 0.495 e. The zero-order valence-corrected chi connectivity index (χ0v) is 13.6. The molecule has 0 spiro atoms. The van der Waals surface area contributed by atoms with E-state index in [0.717, 1.165) is 46.8 Å². The summed E-state index contributed by atoms with van der Waals surface area (Å²) in [6, 6.07) is 4.33. The summed E-state index contributed by atoms with van der Waals surface area (Å²) in [6.45, 7) is 0.0605. The Bertz CT molecular complexity index is 648. The molecule has 1 saturated carbocycles. The van der Waals surface area contributed by atoms with Gasteiger partial charge < -0.3 is 15.6 Å². The number of hydrogen-bond acceptors (Lipinski definition) is 4. The van der Waals surface area contributed by atoms with E-state index in [0.29, 0.717) is 6.04 Å². The predicted octanol–water partition coefficient (Wildman–Crippen LogP) is 2.61. The van der Waals surface area contributed by atoms with E-state index in [9.17, 15) is 5.11 Å². The van der Waals surface area contributed by atoms with Crippen LogP contribution in [0.15, 0.2) is 22.8 Å². The number of nitrogens with two attached hydrogens (primary N) is 1. The Morgan fingerprint density at radius 3 is 2.81 bits per heavy atom. The van der Waals surface area contributed by atoms with Gasteiger partial charge in [-0.15, -0.1) is 0 Å².